The lowest BCUT2D eigenvalue weighted by Crippen LogP contribution is -2.25. The summed E-state index contributed by atoms with van der Waals surface area (Å²) in [5, 5.41) is 11.0. The number of aromatic nitrogens is 2. The SMILES string of the molecule is O=C(NCCCNc1ccccc1)c1cnn(-c2ccccc2Cl)c1. The molecule has 0 aliphatic heterocycles. The van der Waals surface area contributed by atoms with Crippen LogP contribution in [-0.4, -0.2) is 28.8 Å². The van der Waals surface area contributed by atoms with Crippen molar-refractivity contribution in [2.75, 3.05) is 18.4 Å². The van der Waals surface area contributed by atoms with Crippen LogP contribution in [0, 0.1) is 0 Å². The van der Waals surface area contributed by atoms with E-state index < -0.39 is 0 Å². The Morgan fingerprint density at radius 3 is 2.60 bits per heavy atom. The number of rotatable bonds is 7. The summed E-state index contributed by atoms with van der Waals surface area (Å²) in [4.78, 5) is 12.2. The van der Waals surface area contributed by atoms with Crippen LogP contribution in [-0.2, 0) is 0 Å². The minimum absolute atomic E-state index is 0.141. The molecule has 0 bridgehead atoms. The number of nitrogens with zero attached hydrogens (tertiary/aromatic N) is 2. The van der Waals surface area contributed by atoms with E-state index in [0.717, 1.165) is 24.3 Å². The number of hydrogen-bond donors (Lipinski definition) is 2. The van der Waals surface area contributed by atoms with Gasteiger partial charge in [-0.25, -0.2) is 4.68 Å². The van der Waals surface area contributed by atoms with E-state index in [9.17, 15) is 4.79 Å². The van der Waals surface area contributed by atoms with Crippen LogP contribution in [0.2, 0.25) is 5.02 Å². The first-order valence-electron chi connectivity index (χ1n) is 8.11. The molecule has 3 aromatic rings. The molecule has 0 saturated heterocycles. The molecule has 0 aliphatic carbocycles. The van der Waals surface area contributed by atoms with Gasteiger partial charge in [0, 0.05) is 25.0 Å². The molecule has 0 unspecified atom stereocenters. The number of carbonyl (C=O) groups excluding carboxylic acids is 1. The largest absolute Gasteiger partial charge is 0.385 e. The number of para-hydroxylation sites is 2. The van der Waals surface area contributed by atoms with Crippen molar-refractivity contribution < 1.29 is 4.79 Å². The van der Waals surface area contributed by atoms with Gasteiger partial charge in [0.25, 0.3) is 5.91 Å². The number of nitrogens with one attached hydrogen (secondary N) is 2. The molecule has 0 radical (unpaired) electrons. The Morgan fingerprint density at radius 1 is 1.04 bits per heavy atom. The Labute approximate surface area is 151 Å². The highest BCUT2D eigenvalue weighted by molar-refractivity contribution is 6.32. The molecular weight excluding hydrogens is 336 g/mol. The van der Waals surface area contributed by atoms with Crippen molar-refractivity contribution in [3.8, 4) is 5.69 Å². The third-order valence-electron chi connectivity index (χ3n) is 3.69. The fourth-order valence-electron chi connectivity index (χ4n) is 2.39. The van der Waals surface area contributed by atoms with Crippen LogP contribution in [0.25, 0.3) is 5.69 Å². The molecule has 0 fully saturated rings. The number of halogens is 1. The minimum atomic E-state index is -0.141. The molecule has 1 aromatic heterocycles. The van der Waals surface area contributed by atoms with E-state index in [2.05, 4.69) is 15.7 Å². The normalized spacial score (nSPS) is 10.4. The van der Waals surface area contributed by atoms with Crippen LogP contribution >= 0.6 is 11.6 Å². The van der Waals surface area contributed by atoms with Crippen LogP contribution in [0.1, 0.15) is 16.8 Å². The van der Waals surface area contributed by atoms with Crippen molar-refractivity contribution in [2.24, 2.45) is 0 Å². The molecule has 6 heteroatoms. The van der Waals surface area contributed by atoms with Gasteiger partial charge in [-0.1, -0.05) is 41.9 Å². The number of benzene rings is 2. The Bertz CT molecular complexity index is 832. The van der Waals surface area contributed by atoms with Crippen LogP contribution in [0.3, 0.4) is 0 Å². The van der Waals surface area contributed by atoms with Gasteiger partial charge in [0.1, 0.15) is 0 Å². The summed E-state index contributed by atoms with van der Waals surface area (Å²) in [5.41, 5.74) is 2.33. The molecule has 128 valence electrons. The van der Waals surface area contributed by atoms with Crippen LogP contribution in [0.15, 0.2) is 67.0 Å². The predicted molar refractivity (Wildman–Crippen MR) is 100 cm³/mol. The quantitative estimate of drug-likeness (QED) is 0.635. The smallest absolute Gasteiger partial charge is 0.254 e. The van der Waals surface area contributed by atoms with Gasteiger partial charge in [0.05, 0.1) is 22.5 Å². The minimum Gasteiger partial charge on any atom is -0.385 e. The Morgan fingerprint density at radius 2 is 1.80 bits per heavy atom. The van der Waals surface area contributed by atoms with E-state index in [4.69, 9.17) is 11.6 Å². The van der Waals surface area contributed by atoms with E-state index in [1.807, 2.05) is 48.5 Å². The van der Waals surface area contributed by atoms with E-state index in [1.165, 1.54) is 0 Å². The van der Waals surface area contributed by atoms with Gasteiger partial charge in [-0.15, -0.1) is 0 Å². The van der Waals surface area contributed by atoms with Gasteiger partial charge >= 0.3 is 0 Å². The highest BCUT2D eigenvalue weighted by Gasteiger charge is 2.10. The summed E-state index contributed by atoms with van der Waals surface area (Å²) in [7, 11) is 0. The first-order chi connectivity index (χ1) is 12.2. The van der Waals surface area contributed by atoms with E-state index in [1.54, 1.807) is 23.1 Å². The van der Waals surface area contributed by atoms with Crippen molar-refractivity contribution in [1.82, 2.24) is 15.1 Å². The standard InChI is InChI=1S/C19H19ClN4O/c20-17-9-4-5-10-18(17)24-14-15(13-23-24)19(25)22-12-6-11-21-16-7-2-1-3-8-16/h1-5,7-10,13-14,21H,6,11-12H2,(H,22,25). The van der Waals surface area contributed by atoms with Crippen molar-refractivity contribution >= 4 is 23.2 Å². The molecule has 2 aromatic carbocycles. The molecule has 3 rings (SSSR count). The lowest BCUT2D eigenvalue weighted by atomic mass is 10.3. The summed E-state index contributed by atoms with van der Waals surface area (Å²) in [6, 6.07) is 17.4. The molecule has 0 saturated carbocycles. The monoisotopic (exact) mass is 354 g/mol. The fourth-order valence-corrected chi connectivity index (χ4v) is 2.61. The first-order valence-corrected chi connectivity index (χ1v) is 8.48. The van der Waals surface area contributed by atoms with Crippen molar-refractivity contribution in [1.29, 1.82) is 0 Å². The summed E-state index contributed by atoms with van der Waals surface area (Å²) in [6.45, 7) is 1.39. The molecule has 1 amide bonds. The predicted octanol–water partition coefficient (Wildman–Crippen LogP) is 3.76. The molecule has 2 N–H and O–H groups in total. The molecule has 0 aliphatic rings. The highest BCUT2D eigenvalue weighted by Crippen LogP contribution is 2.19. The van der Waals surface area contributed by atoms with Crippen LogP contribution in [0.5, 0.6) is 0 Å². The molecule has 0 spiro atoms. The van der Waals surface area contributed by atoms with Gasteiger partial charge in [-0.2, -0.15) is 5.10 Å². The third kappa shape index (κ3) is 4.61. The maximum atomic E-state index is 12.2. The van der Waals surface area contributed by atoms with Crippen LogP contribution < -0.4 is 10.6 Å². The zero-order valence-corrected chi connectivity index (χ0v) is 14.4. The Balaban J connectivity index is 1.47. The second-order valence-corrected chi connectivity index (χ2v) is 5.93. The highest BCUT2D eigenvalue weighted by atomic mass is 35.5. The maximum Gasteiger partial charge on any atom is 0.254 e. The summed E-state index contributed by atoms with van der Waals surface area (Å²) in [5.74, 6) is -0.141. The van der Waals surface area contributed by atoms with Gasteiger partial charge < -0.3 is 10.6 Å². The Hall–Kier alpha value is -2.79. The molecule has 0 atom stereocenters. The second kappa shape index (κ2) is 8.35. The van der Waals surface area contributed by atoms with E-state index >= 15 is 0 Å². The van der Waals surface area contributed by atoms with Gasteiger partial charge in [0.15, 0.2) is 0 Å². The molecular formula is C19H19ClN4O. The molecule has 25 heavy (non-hydrogen) atoms. The van der Waals surface area contributed by atoms with E-state index in [-0.39, 0.29) is 5.91 Å². The van der Waals surface area contributed by atoms with Crippen LogP contribution in [0.4, 0.5) is 5.69 Å². The van der Waals surface area contributed by atoms with Gasteiger partial charge in [-0.3, -0.25) is 4.79 Å². The van der Waals surface area contributed by atoms with E-state index in [0.29, 0.717) is 17.1 Å². The third-order valence-corrected chi connectivity index (χ3v) is 4.01. The zero-order chi connectivity index (χ0) is 17.5. The van der Waals surface area contributed by atoms with Crippen molar-refractivity contribution in [2.45, 2.75) is 6.42 Å². The number of hydrogen-bond acceptors (Lipinski definition) is 3. The second-order valence-electron chi connectivity index (χ2n) is 5.53. The average molecular weight is 355 g/mol. The molecule has 1 heterocycles. The summed E-state index contributed by atoms with van der Waals surface area (Å²) in [6.07, 6.45) is 4.05. The topological polar surface area (TPSA) is 59.0 Å². The Kier molecular flexibility index (Phi) is 5.69. The lowest BCUT2D eigenvalue weighted by molar-refractivity contribution is 0.0953. The summed E-state index contributed by atoms with van der Waals surface area (Å²) >= 11 is 6.15. The summed E-state index contributed by atoms with van der Waals surface area (Å²) < 4.78 is 1.61. The number of carbonyl (C=O) groups is 1. The average Bonchev–Trinajstić information content (AvgIpc) is 3.12. The first kappa shape index (κ1) is 17.0. The zero-order valence-electron chi connectivity index (χ0n) is 13.7. The van der Waals surface area contributed by atoms with Crippen molar-refractivity contribution in [3.05, 3.63) is 77.6 Å². The maximum absolute atomic E-state index is 12.2. The van der Waals surface area contributed by atoms with Gasteiger partial charge in [-0.05, 0) is 30.7 Å². The number of amides is 1. The van der Waals surface area contributed by atoms with Crippen molar-refractivity contribution in [3.63, 3.8) is 0 Å². The fraction of sp³-hybridized carbons (Fsp3) is 0.158. The van der Waals surface area contributed by atoms with Gasteiger partial charge in [0.2, 0.25) is 0 Å². The number of anilines is 1. The molecule has 5 nitrogen and oxygen atoms in total. The lowest BCUT2D eigenvalue weighted by Gasteiger charge is -2.07.